The van der Waals surface area contributed by atoms with E-state index in [4.69, 9.17) is 0 Å². The van der Waals surface area contributed by atoms with Gasteiger partial charge in [0.25, 0.3) is 5.91 Å². The minimum absolute atomic E-state index is 0.185. The minimum Gasteiger partial charge on any atom is -0.353 e. The SMILES string of the molecule is CC(C)[C@@H](C(=O)NCCS)N1C(=O)NC(Cc2ccccc2)C1=O. The molecule has 1 aromatic rings. The van der Waals surface area contributed by atoms with Gasteiger partial charge in [-0.05, 0) is 11.5 Å². The van der Waals surface area contributed by atoms with E-state index in [1.54, 1.807) is 0 Å². The van der Waals surface area contributed by atoms with E-state index in [0.717, 1.165) is 10.5 Å². The van der Waals surface area contributed by atoms with Crippen LogP contribution in [0.15, 0.2) is 30.3 Å². The lowest BCUT2D eigenvalue weighted by Gasteiger charge is -2.27. The lowest BCUT2D eigenvalue weighted by molar-refractivity contribution is -0.137. The first-order valence-corrected chi connectivity index (χ1v) is 8.65. The summed E-state index contributed by atoms with van der Waals surface area (Å²) < 4.78 is 0. The van der Waals surface area contributed by atoms with Crippen molar-refractivity contribution in [2.45, 2.75) is 32.4 Å². The average Bonchev–Trinajstić information content (AvgIpc) is 2.81. The van der Waals surface area contributed by atoms with Gasteiger partial charge in [-0.2, -0.15) is 12.6 Å². The van der Waals surface area contributed by atoms with Crippen LogP contribution in [0.2, 0.25) is 0 Å². The lowest BCUT2D eigenvalue weighted by Crippen LogP contribution is -2.53. The summed E-state index contributed by atoms with van der Waals surface area (Å²) in [5.74, 6) is -0.380. The molecule has 0 aliphatic carbocycles. The van der Waals surface area contributed by atoms with E-state index < -0.39 is 18.1 Å². The lowest BCUT2D eigenvalue weighted by atomic mass is 10.0. The number of imide groups is 1. The molecule has 24 heavy (non-hydrogen) atoms. The fourth-order valence-electron chi connectivity index (χ4n) is 2.80. The fourth-order valence-corrected chi connectivity index (χ4v) is 2.91. The molecule has 2 atom stereocenters. The molecule has 1 fully saturated rings. The second kappa shape index (κ2) is 8.19. The molecule has 7 heteroatoms. The molecule has 0 aromatic heterocycles. The van der Waals surface area contributed by atoms with Crippen molar-refractivity contribution in [3.63, 3.8) is 0 Å². The van der Waals surface area contributed by atoms with Gasteiger partial charge in [0.1, 0.15) is 12.1 Å². The van der Waals surface area contributed by atoms with Gasteiger partial charge >= 0.3 is 6.03 Å². The first kappa shape index (κ1) is 18.3. The summed E-state index contributed by atoms with van der Waals surface area (Å²) in [6, 6.07) is 7.50. The van der Waals surface area contributed by atoms with Gasteiger partial charge in [0, 0.05) is 18.7 Å². The Morgan fingerprint density at radius 3 is 2.54 bits per heavy atom. The van der Waals surface area contributed by atoms with Crippen LogP contribution >= 0.6 is 12.6 Å². The van der Waals surface area contributed by atoms with Crippen LogP contribution in [0.4, 0.5) is 4.79 Å². The molecule has 1 aliphatic heterocycles. The largest absolute Gasteiger partial charge is 0.353 e. The van der Waals surface area contributed by atoms with Gasteiger partial charge < -0.3 is 10.6 Å². The number of carbonyl (C=O) groups is 3. The van der Waals surface area contributed by atoms with Crippen LogP contribution in [0.3, 0.4) is 0 Å². The number of nitrogens with zero attached hydrogens (tertiary/aromatic N) is 1. The standard InChI is InChI=1S/C17H23N3O3S/c1-11(2)14(15(21)18-8-9-24)20-16(22)13(19-17(20)23)10-12-6-4-3-5-7-12/h3-7,11,13-14,24H,8-10H2,1-2H3,(H,18,21)(H,19,23)/t13?,14-/m0/s1. The zero-order chi connectivity index (χ0) is 17.7. The van der Waals surface area contributed by atoms with Crippen LogP contribution in [-0.4, -0.2) is 47.1 Å². The van der Waals surface area contributed by atoms with Crippen molar-refractivity contribution in [2.24, 2.45) is 5.92 Å². The molecular formula is C17H23N3O3S. The first-order chi connectivity index (χ1) is 11.5. The van der Waals surface area contributed by atoms with Crippen molar-refractivity contribution in [1.82, 2.24) is 15.5 Å². The maximum absolute atomic E-state index is 12.7. The van der Waals surface area contributed by atoms with E-state index in [1.807, 2.05) is 44.2 Å². The molecule has 2 N–H and O–H groups in total. The molecule has 4 amide bonds. The number of nitrogens with one attached hydrogen (secondary N) is 2. The number of urea groups is 1. The summed E-state index contributed by atoms with van der Waals surface area (Å²) in [7, 11) is 0. The van der Waals surface area contributed by atoms with Gasteiger partial charge in [-0.15, -0.1) is 0 Å². The monoisotopic (exact) mass is 349 g/mol. The highest BCUT2D eigenvalue weighted by molar-refractivity contribution is 7.80. The van der Waals surface area contributed by atoms with Crippen LogP contribution in [0.1, 0.15) is 19.4 Å². The molecular weight excluding hydrogens is 326 g/mol. The smallest absolute Gasteiger partial charge is 0.325 e. The Kier molecular flexibility index (Phi) is 6.25. The molecule has 0 saturated carbocycles. The Balaban J connectivity index is 2.15. The van der Waals surface area contributed by atoms with Crippen molar-refractivity contribution in [1.29, 1.82) is 0 Å². The Hall–Kier alpha value is -2.02. The highest BCUT2D eigenvalue weighted by atomic mass is 32.1. The Morgan fingerprint density at radius 1 is 1.29 bits per heavy atom. The number of thiol groups is 1. The van der Waals surface area contributed by atoms with E-state index in [9.17, 15) is 14.4 Å². The molecule has 1 heterocycles. The third-order valence-electron chi connectivity index (χ3n) is 3.92. The Morgan fingerprint density at radius 2 is 1.96 bits per heavy atom. The summed E-state index contributed by atoms with van der Waals surface area (Å²) in [5.41, 5.74) is 0.957. The summed E-state index contributed by atoms with van der Waals surface area (Å²) in [6.07, 6.45) is 0.408. The normalized spacial score (nSPS) is 18.7. The molecule has 130 valence electrons. The second-order valence-electron chi connectivity index (χ2n) is 6.10. The molecule has 2 rings (SSSR count). The van der Waals surface area contributed by atoms with E-state index >= 15 is 0 Å². The number of hydrogen-bond acceptors (Lipinski definition) is 4. The van der Waals surface area contributed by atoms with Crippen LogP contribution < -0.4 is 10.6 Å². The van der Waals surface area contributed by atoms with Gasteiger partial charge in [-0.25, -0.2) is 9.69 Å². The van der Waals surface area contributed by atoms with E-state index in [2.05, 4.69) is 23.3 Å². The third kappa shape index (κ3) is 4.08. The number of rotatable bonds is 7. The third-order valence-corrected chi connectivity index (χ3v) is 4.15. The molecule has 6 nitrogen and oxygen atoms in total. The summed E-state index contributed by atoms with van der Waals surface area (Å²) >= 11 is 4.06. The second-order valence-corrected chi connectivity index (χ2v) is 6.55. The summed E-state index contributed by atoms with van der Waals surface area (Å²) in [6.45, 7) is 4.02. The highest BCUT2D eigenvalue weighted by Crippen LogP contribution is 2.19. The molecule has 1 aliphatic rings. The van der Waals surface area contributed by atoms with Crippen molar-refractivity contribution in [2.75, 3.05) is 12.3 Å². The van der Waals surface area contributed by atoms with Gasteiger partial charge in [-0.3, -0.25) is 9.59 Å². The van der Waals surface area contributed by atoms with Gasteiger partial charge in [-0.1, -0.05) is 44.2 Å². The quantitative estimate of drug-likeness (QED) is 0.512. The predicted octanol–water partition coefficient (Wildman–Crippen LogP) is 1.22. The molecule has 0 radical (unpaired) electrons. The zero-order valence-corrected chi connectivity index (χ0v) is 14.8. The Labute approximate surface area is 147 Å². The average molecular weight is 349 g/mol. The highest BCUT2D eigenvalue weighted by Gasteiger charge is 2.45. The van der Waals surface area contributed by atoms with Gasteiger partial charge in [0.15, 0.2) is 0 Å². The molecule has 1 aromatic carbocycles. The number of benzene rings is 1. The van der Waals surface area contributed by atoms with E-state index in [1.165, 1.54) is 0 Å². The Bertz CT molecular complexity index is 606. The van der Waals surface area contributed by atoms with Crippen molar-refractivity contribution in [3.05, 3.63) is 35.9 Å². The summed E-state index contributed by atoms with van der Waals surface area (Å²) in [5, 5.41) is 5.40. The van der Waals surface area contributed by atoms with E-state index in [-0.39, 0.29) is 17.7 Å². The van der Waals surface area contributed by atoms with Gasteiger partial charge in [0.05, 0.1) is 0 Å². The maximum atomic E-state index is 12.7. The zero-order valence-electron chi connectivity index (χ0n) is 13.9. The maximum Gasteiger partial charge on any atom is 0.325 e. The van der Waals surface area contributed by atoms with Crippen LogP contribution in [-0.2, 0) is 16.0 Å². The molecule has 1 saturated heterocycles. The number of hydrogen-bond donors (Lipinski definition) is 3. The van der Waals surface area contributed by atoms with Crippen molar-refractivity contribution in [3.8, 4) is 0 Å². The topological polar surface area (TPSA) is 78.5 Å². The van der Waals surface area contributed by atoms with Crippen molar-refractivity contribution < 1.29 is 14.4 Å². The predicted molar refractivity (Wildman–Crippen MR) is 94.8 cm³/mol. The fraction of sp³-hybridized carbons (Fsp3) is 0.471. The molecule has 0 bridgehead atoms. The molecule has 1 unspecified atom stereocenters. The van der Waals surface area contributed by atoms with E-state index in [0.29, 0.717) is 18.7 Å². The van der Waals surface area contributed by atoms with Crippen LogP contribution in [0.25, 0.3) is 0 Å². The first-order valence-electron chi connectivity index (χ1n) is 8.01. The van der Waals surface area contributed by atoms with Gasteiger partial charge in [0.2, 0.25) is 5.91 Å². The summed E-state index contributed by atoms with van der Waals surface area (Å²) in [4.78, 5) is 38.4. The number of amides is 4. The van der Waals surface area contributed by atoms with Crippen molar-refractivity contribution >= 4 is 30.5 Å². The molecule has 0 spiro atoms. The minimum atomic E-state index is -0.821. The van der Waals surface area contributed by atoms with Crippen LogP contribution in [0.5, 0.6) is 0 Å². The van der Waals surface area contributed by atoms with Crippen LogP contribution in [0, 0.1) is 5.92 Å². The number of carbonyl (C=O) groups excluding carboxylic acids is 3.